The van der Waals surface area contributed by atoms with Gasteiger partial charge in [0.1, 0.15) is 0 Å². The number of hydrogen-bond donors (Lipinski definition) is 1. The normalized spacial score (nSPS) is 23.8. The Morgan fingerprint density at radius 2 is 1.71 bits per heavy atom. The van der Waals surface area contributed by atoms with Crippen molar-refractivity contribution in [2.75, 3.05) is 52.9 Å². The van der Waals surface area contributed by atoms with Crippen LogP contribution in [0.25, 0.3) is 0 Å². The van der Waals surface area contributed by atoms with E-state index in [2.05, 4.69) is 27.0 Å². The van der Waals surface area contributed by atoms with Crippen molar-refractivity contribution >= 4 is 35.8 Å². The monoisotopic (exact) mass is 449 g/mol. The van der Waals surface area contributed by atoms with Crippen LogP contribution in [0, 0.1) is 5.92 Å². The van der Waals surface area contributed by atoms with Crippen LogP contribution < -0.4 is 5.32 Å². The van der Waals surface area contributed by atoms with Crippen molar-refractivity contribution in [2.24, 2.45) is 10.9 Å². The number of nitrogens with zero attached hydrogens (tertiary/aromatic N) is 4. The van der Waals surface area contributed by atoms with Crippen LogP contribution >= 0.6 is 24.0 Å². The molecular formula is C17H32IN5O. The second-order valence-corrected chi connectivity index (χ2v) is 7.10. The van der Waals surface area contributed by atoms with Gasteiger partial charge in [-0.05, 0) is 38.5 Å². The second-order valence-electron chi connectivity index (χ2n) is 7.10. The highest BCUT2D eigenvalue weighted by atomic mass is 127. The number of hydrogen-bond acceptors (Lipinski definition) is 3. The third-order valence-corrected chi connectivity index (χ3v) is 5.39. The summed E-state index contributed by atoms with van der Waals surface area (Å²) in [6.07, 6.45) is 5.03. The fourth-order valence-corrected chi connectivity index (χ4v) is 3.57. The molecule has 0 bridgehead atoms. The Balaban J connectivity index is 0.00000208. The van der Waals surface area contributed by atoms with Gasteiger partial charge in [-0.15, -0.1) is 24.0 Å². The van der Waals surface area contributed by atoms with E-state index in [-0.39, 0.29) is 30.0 Å². The van der Waals surface area contributed by atoms with E-state index in [0.717, 1.165) is 70.5 Å². The minimum Gasteiger partial charge on any atom is -0.356 e. The number of amides is 1. The van der Waals surface area contributed by atoms with Crippen molar-refractivity contribution in [3.8, 4) is 0 Å². The smallest absolute Gasteiger partial charge is 0.239 e. The van der Waals surface area contributed by atoms with Gasteiger partial charge in [-0.1, -0.05) is 0 Å². The molecule has 1 aliphatic carbocycles. The molecule has 0 aromatic heterocycles. The molecule has 7 heteroatoms. The van der Waals surface area contributed by atoms with Gasteiger partial charge in [-0.25, -0.2) is 0 Å². The van der Waals surface area contributed by atoms with Gasteiger partial charge in [0.05, 0.1) is 6.04 Å². The highest BCUT2D eigenvalue weighted by Gasteiger charge is 2.30. The van der Waals surface area contributed by atoms with Crippen LogP contribution in [-0.2, 0) is 4.79 Å². The number of nitrogens with one attached hydrogen (secondary N) is 1. The third-order valence-electron chi connectivity index (χ3n) is 5.39. The fraction of sp³-hybridized carbons (Fsp3) is 0.882. The van der Waals surface area contributed by atoms with Gasteiger partial charge >= 0.3 is 0 Å². The lowest BCUT2D eigenvalue weighted by Gasteiger charge is -2.39. The Morgan fingerprint density at radius 1 is 1.08 bits per heavy atom. The molecule has 3 fully saturated rings. The second kappa shape index (κ2) is 9.22. The van der Waals surface area contributed by atoms with Crippen LogP contribution in [0.2, 0.25) is 0 Å². The van der Waals surface area contributed by atoms with Gasteiger partial charge in [0.2, 0.25) is 5.91 Å². The molecule has 3 aliphatic rings. The zero-order valence-electron chi connectivity index (χ0n) is 15.0. The summed E-state index contributed by atoms with van der Waals surface area (Å²) in [6, 6.07) is 0.0108. The highest BCUT2D eigenvalue weighted by Crippen LogP contribution is 2.27. The van der Waals surface area contributed by atoms with Crippen LogP contribution in [-0.4, -0.2) is 85.5 Å². The molecule has 1 atom stereocenters. The van der Waals surface area contributed by atoms with E-state index < -0.39 is 0 Å². The van der Waals surface area contributed by atoms with Crippen molar-refractivity contribution in [2.45, 2.75) is 38.6 Å². The standard InChI is InChI=1S/C17H31N5O.HI/c1-14(16(23)21-7-3-4-8-21)20-9-11-22(12-10-20)17(18-2)19-13-15-5-6-15;/h14-15H,3-13H2,1-2H3,(H,18,19);1H. The third kappa shape index (κ3) is 4.97. The highest BCUT2D eigenvalue weighted by molar-refractivity contribution is 14.0. The molecule has 1 amide bonds. The van der Waals surface area contributed by atoms with E-state index in [4.69, 9.17) is 0 Å². The first kappa shape index (κ1) is 19.8. The van der Waals surface area contributed by atoms with Crippen LogP contribution in [0.3, 0.4) is 0 Å². The number of guanidine groups is 1. The lowest BCUT2D eigenvalue weighted by Crippen LogP contribution is -2.57. The molecule has 0 radical (unpaired) electrons. The Morgan fingerprint density at radius 3 is 2.25 bits per heavy atom. The Labute approximate surface area is 163 Å². The van der Waals surface area contributed by atoms with Gasteiger partial charge in [0.15, 0.2) is 5.96 Å². The van der Waals surface area contributed by atoms with Gasteiger partial charge in [0.25, 0.3) is 0 Å². The summed E-state index contributed by atoms with van der Waals surface area (Å²) in [6.45, 7) is 8.77. The van der Waals surface area contributed by atoms with E-state index in [0.29, 0.717) is 5.91 Å². The largest absolute Gasteiger partial charge is 0.356 e. The molecule has 138 valence electrons. The van der Waals surface area contributed by atoms with Crippen molar-refractivity contribution < 1.29 is 4.79 Å². The molecule has 3 rings (SSSR count). The molecule has 1 N–H and O–H groups in total. The van der Waals surface area contributed by atoms with Gasteiger partial charge in [-0.2, -0.15) is 0 Å². The van der Waals surface area contributed by atoms with E-state index in [1.807, 2.05) is 11.9 Å². The van der Waals surface area contributed by atoms with Gasteiger partial charge < -0.3 is 15.1 Å². The molecule has 6 nitrogen and oxygen atoms in total. The predicted molar refractivity (Wildman–Crippen MR) is 108 cm³/mol. The summed E-state index contributed by atoms with van der Waals surface area (Å²) in [4.78, 5) is 23.6. The van der Waals surface area contributed by atoms with Crippen molar-refractivity contribution in [3.63, 3.8) is 0 Å². The van der Waals surface area contributed by atoms with E-state index in [1.165, 1.54) is 12.8 Å². The van der Waals surface area contributed by atoms with Crippen LogP contribution in [0.1, 0.15) is 32.6 Å². The number of carbonyl (C=O) groups excluding carboxylic acids is 1. The number of rotatable bonds is 4. The van der Waals surface area contributed by atoms with Crippen molar-refractivity contribution in [1.82, 2.24) is 20.0 Å². The molecule has 0 aromatic carbocycles. The molecular weight excluding hydrogens is 417 g/mol. The molecule has 2 aliphatic heterocycles. The van der Waals surface area contributed by atoms with E-state index in [1.54, 1.807) is 0 Å². The molecule has 24 heavy (non-hydrogen) atoms. The first-order valence-electron chi connectivity index (χ1n) is 9.17. The van der Waals surface area contributed by atoms with Crippen molar-refractivity contribution in [3.05, 3.63) is 0 Å². The number of aliphatic imine (C=N–C) groups is 1. The minimum atomic E-state index is 0. The van der Waals surface area contributed by atoms with Crippen LogP contribution in [0.5, 0.6) is 0 Å². The SMILES string of the molecule is CN=C(NCC1CC1)N1CCN(C(C)C(=O)N2CCCC2)CC1.I. The molecule has 0 spiro atoms. The summed E-state index contributed by atoms with van der Waals surface area (Å²) < 4.78 is 0. The van der Waals surface area contributed by atoms with E-state index in [9.17, 15) is 4.79 Å². The number of piperazine rings is 1. The van der Waals surface area contributed by atoms with Crippen LogP contribution in [0.15, 0.2) is 4.99 Å². The molecule has 1 unspecified atom stereocenters. The molecule has 1 saturated carbocycles. The fourth-order valence-electron chi connectivity index (χ4n) is 3.57. The maximum absolute atomic E-state index is 12.5. The Kier molecular flexibility index (Phi) is 7.59. The number of likely N-dealkylation sites (tertiary alicyclic amines) is 1. The molecule has 2 saturated heterocycles. The zero-order chi connectivity index (χ0) is 16.2. The van der Waals surface area contributed by atoms with Crippen LogP contribution in [0.4, 0.5) is 0 Å². The maximum Gasteiger partial charge on any atom is 0.239 e. The lowest BCUT2D eigenvalue weighted by atomic mass is 10.2. The molecule has 2 heterocycles. The summed E-state index contributed by atoms with van der Waals surface area (Å²) >= 11 is 0. The summed E-state index contributed by atoms with van der Waals surface area (Å²) in [5.41, 5.74) is 0. The first-order valence-corrected chi connectivity index (χ1v) is 9.17. The van der Waals surface area contributed by atoms with Gasteiger partial charge in [0, 0.05) is 52.9 Å². The predicted octanol–water partition coefficient (Wildman–Crippen LogP) is 1.22. The average Bonchev–Trinajstić information content (AvgIpc) is 3.25. The molecule has 0 aromatic rings. The number of carbonyl (C=O) groups is 1. The number of halogens is 1. The quantitative estimate of drug-likeness (QED) is 0.399. The lowest BCUT2D eigenvalue weighted by molar-refractivity contribution is -0.135. The summed E-state index contributed by atoms with van der Waals surface area (Å²) in [5.74, 6) is 2.19. The summed E-state index contributed by atoms with van der Waals surface area (Å²) in [5, 5.41) is 3.49. The van der Waals surface area contributed by atoms with E-state index >= 15 is 0 Å². The topological polar surface area (TPSA) is 51.2 Å². The first-order chi connectivity index (χ1) is 11.2. The summed E-state index contributed by atoms with van der Waals surface area (Å²) in [7, 11) is 1.86. The maximum atomic E-state index is 12.5. The zero-order valence-corrected chi connectivity index (χ0v) is 17.4. The Hall–Kier alpha value is -0.570. The van der Waals surface area contributed by atoms with Gasteiger partial charge in [-0.3, -0.25) is 14.7 Å². The average molecular weight is 449 g/mol. The Bertz CT molecular complexity index is 440. The van der Waals surface area contributed by atoms with Crippen molar-refractivity contribution in [1.29, 1.82) is 0 Å². The minimum absolute atomic E-state index is 0.